The van der Waals surface area contributed by atoms with Crippen LogP contribution in [0.5, 0.6) is 0 Å². The average Bonchev–Trinajstić information content (AvgIpc) is 2.02. The molecule has 0 aromatic rings. The Bertz CT molecular complexity index is 176. The van der Waals surface area contributed by atoms with Gasteiger partial charge in [0.15, 0.2) is 0 Å². The molecule has 0 aromatic heterocycles. The molecule has 0 bridgehead atoms. The fourth-order valence-electron chi connectivity index (χ4n) is 0.493. The molecule has 0 aromatic carbocycles. The summed E-state index contributed by atoms with van der Waals surface area (Å²) >= 11 is 0. The van der Waals surface area contributed by atoms with Gasteiger partial charge in [-0.25, -0.2) is 0 Å². The van der Waals surface area contributed by atoms with E-state index < -0.39 is 19.1 Å². The molecule has 0 radical (unpaired) electrons. The van der Waals surface area contributed by atoms with Gasteiger partial charge >= 0.3 is 0 Å². The molecule has 0 N–H and O–H groups in total. The Morgan fingerprint density at radius 3 is 2.29 bits per heavy atom. The molecule has 0 unspecified atom stereocenters. The second-order valence-electron chi connectivity index (χ2n) is 1.43. The van der Waals surface area contributed by atoms with Gasteiger partial charge in [-0.05, 0) is 25.6 Å². The van der Waals surface area contributed by atoms with Crippen LogP contribution in [0.1, 0.15) is 38.8 Å². The number of hydrogen-bond donors (Lipinski definition) is 0. The largest absolute Gasteiger partial charge is 0.0885 e. The minimum atomic E-state index is -1.74. The number of rotatable bonds is 0. The summed E-state index contributed by atoms with van der Waals surface area (Å²) in [6.07, 6.45) is -1.26. The zero-order valence-corrected chi connectivity index (χ0v) is 4.15. The van der Waals surface area contributed by atoms with E-state index in [0.29, 0.717) is 0 Å². The van der Waals surface area contributed by atoms with Crippen molar-refractivity contribution in [2.45, 2.75) is 32.0 Å². The number of hydrogen-bond acceptors (Lipinski definition) is 0. The molecule has 1 rings (SSSR count). The van der Waals surface area contributed by atoms with Crippen LogP contribution in [-0.2, 0) is 0 Å². The van der Waals surface area contributed by atoms with Crippen molar-refractivity contribution in [2.75, 3.05) is 0 Å². The van der Waals surface area contributed by atoms with E-state index in [4.69, 9.17) is 6.85 Å². The van der Waals surface area contributed by atoms with Gasteiger partial charge in [-0.15, -0.1) is 0 Å². The molecule has 7 heavy (non-hydrogen) atoms. The minimum absolute atomic E-state index is 0.140. The zero-order chi connectivity index (χ0) is 9.41. The van der Waals surface area contributed by atoms with Crippen LogP contribution in [0.15, 0.2) is 12.2 Å². The summed E-state index contributed by atoms with van der Waals surface area (Å²) in [6.45, 7) is 0. The highest BCUT2D eigenvalue weighted by atomic mass is 13.9. The molecular formula is C7H12. The molecule has 0 saturated heterocycles. The van der Waals surface area contributed by atoms with Crippen molar-refractivity contribution in [2.24, 2.45) is 0 Å². The van der Waals surface area contributed by atoms with Crippen molar-refractivity contribution < 1.29 is 6.85 Å². The van der Waals surface area contributed by atoms with Crippen LogP contribution < -0.4 is 0 Å². The summed E-state index contributed by atoms with van der Waals surface area (Å²) in [5.74, 6) is 0. The average molecular weight is 101 g/mol. The summed E-state index contributed by atoms with van der Waals surface area (Å²) in [5, 5.41) is 0. The van der Waals surface area contributed by atoms with E-state index in [2.05, 4.69) is 0 Å². The van der Waals surface area contributed by atoms with Gasteiger partial charge in [0.2, 0.25) is 0 Å². The molecule has 0 amide bonds. The van der Waals surface area contributed by atoms with Gasteiger partial charge < -0.3 is 0 Å². The fourth-order valence-corrected chi connectivity index (χ4v) is 0.493. The molecule has 0 heteroatoms. The van der Waals surface area contributed by atoms with Crippen LogP contribution >= 0.6 is 0 Å². The maximum Gasteiger partial charge on any atom is 0.0270 e. The van der Waals surface area contributed by atoms with Crippen LogP contribution in [-0.4, -0.2) is 0 Å². The highest BCUT2D eigenvalue weighted by Gasteiger charge is 1.88. The molecule has 0 heterocycles. The van der Waals surface area contributed by atoms with Crippen molar-refractivity contribution in [3.8, 4) is 0 Å². The van der Waals surface area contributed by atoms with Gasteiger partial charge in [0.1, 0.15) is 0 Å². The second kappa shape index (κ2) is 2.84. The van der Waals surface area contributed by atoms with E-state index in [1.807, 2.05) is 0 Å². The van der Waals surface area contributed by atoms with Gasteiger partial charge in [-0.2, -0.15) is 0 Å². The van der Waals surface area contributed by atoms with Crippen molar-refractivity contribution in [3.05, 3.63) is 12.2 Å². The lowest BCUT2D eigenvalue weighted by atomic mass is 10.2. The van der Waals surface area contributed by atoms with Crippen LogP contribution in [0.2, 0.25) is 0 Å². The van der Waals surface area contributed by atoms with Crippen LogP contribution in [0.25, 0.3) is 0 Å². The summed E-state index contributed by atoms with van der Waals surface area (Å²) in [6, 6.07) is 0. The van der Waals surface area contributed by atoms with Crippen molar-refractivity contribution in [1.82, 2.24) is 0 Å². The zero-order valence-electron chi connectivity index (χ0n) is 9.15. The Morgan fingerprint density at radius 2 is 1.71 bits per heavy atom. The van der Waals surface area contributed by atoms with Crippen molar-refractivity contribution in [3.63, 3.8) is 0 Å². The van der Waals surface area contributed by atoms with Gasteiger partial charge in [0, 0.05) is 6.85 Å². The minimum Gasteiger partial charge on any atom is -0.0885 e. The molecule has 0 fully saturated rings. The third kappa shape index (κ3) is 1.77. The third-order valence-corrected chi connectivity index (χ3v) is 0.842. The Hall–Kier alpha value is -0.260. The molecule has 0 saturated carbocycles. The van der Waals surface area contributed by atoms with E-state index in [-0.39, 0.29) is 12.8 Å². The molecular weight excluding hydrogens is 84.1 g/mol. The summed E-state index contributed by atoms with van der Waals surface area (Å²) in [5.41, 5.74) is 0. The highest BCUT2D eigenvalue weighted by molar-refractivity contribution is 4.83. The molecule has 1 aliphatic carbocycles. The molecule has 0 atom stereocenters. The van der Waals surface area contributed by atoms with Gasteiger partial charge in [0.05, 0.1) is 0 Å². The molecule has 40 valence electrons. The lowest BCUT2D eigenvalue weighted by Crippen LogP contribution is -1.67. The maximum absolute atomic E-state index is 7.43. The smallest absolute Gasteiger partial charge is 0.0270 e. The molecule has 1 aliphatic rings. The normalized spacial score (nSPS) is 49.4. The second-order valence-corrected chi connectivity index (χ2v) is 1.43. The van der Waals surface area contributed by atoms with E-state index in [9.17, 15) is 0 Å². The first-order chi connectivity index (χ1) is 5.36. The Balaban J connectivity index is 2.90. The first kappa shape index (κ1) is 1.61. The molecule has 0 aliphatic heterocycles. The van der Waals surface area contributed by atoms with Crippen LogP contribution in [0.4, 0.5) is 0 Å². The van der Waals surface area contributed by atoms with E-state index >= 15 is 0 Å². The summed E-state index contributed by atoms with van der Waals surface area (Å²) in [7, 11) is 0. The SMILES string of the molecule is [2H]C1C([2H])([2H])CC=CCC1([2H])[2H]. The van der Waals surface area contributed by atoms with E-state index in [0.717, 1.165) is 0 Å². The van der Waals surface area contributed by atoms with Gasteiger partial charge in [-0.3, -0.25) is 0 Å². The quantitative estimate of drug-likeness (QED) is 0.411. The van der Waals surface area contributed by atoms with Crippen molar-refractivity contribution >= 4 is 0 Å². The Morgan fingerprint density at radius 1 is 1.14 bits per heavy atom. The van der Waals surface area contributed by atoms with Crippen LogP contribution in [0, 0.1) is 0 Å². The van der Waals surface area contributed by atoms with Crippen molar-refractivity contribution in [1.29, 1.82) is 0 Å². The van der Waals surface area contributed by atoms with Gasteiger partial charge in [-0.1, -0.05) is 18.5 Å². The Kier molecular flexibility index (Phi) is 0.653. The fraction of sp³-hybridized carbons (Fsp3) is 0.714. The van der Waals surface area contributed by atoms with Gasteiger partial charge in [0.25, 0.3) is 0 Å². The summed E-state index contributed by atoms with van der Waals surface area (Å²) < 4.78 is 37.1. The highest BCUT2D eigenvalue weighted by Crippen LogP contribution is 2.08. The maximum atomic E-state index is 7.43. The number of allylic oxidation sites excluding steroid dienone is 2. The van der Waals surface area contributed by atoms with Crippen LogP contribution in [0.3, 0.4) is 0 Å². The standard InChI is InChI=1S/C7H12/c1-2-4-6-7-5-3-1/h1-2H,3-7H2/i5D2,6D2,7D. The molecule has 0 nitrogen and oxygen atoms in total. The monoisotopic (exact) mass is 101 g/mol. The van der Waals surface area contributed by atoms with E-state index in [1.54, 1.807) is 12.2 Å². The predicted octanol–water partition coefficient (Wildman–Crippen LogP) is 2.51. The first-order valence-electron chi connectivity index (χ1n) is 5.01. The molecule has 0 spiro atoms. The third-order valence-electron chi connectivity index (χ3n) is 0.842. The lowest BCUT2D eigenvalue weighted by Gasteiger charge is -1.86. The predicted molar refractivity (Wildman–Crippen MR) is 32.2 cm³/mol. The first-order valence-corrected chi connectivity index (χ1v) is 2.43. The lowest BCUT2D eigenvalue weighted by molar-refractivity contribution is 0.718. The Labute approximate surface area is 52.3 Å². The summed E-state index contributed by atoms with van der Waals surface area (Å²) in [4.78, 5) is 0. The van der Waals surface area contributed by atoms with E-state index in [1.165, 1.54) is 0 Å². The topological polar surface area (TPSA) is 0 Å².